The van der Waals surface area contributed by atoms with Crippen LogP contribution in [0.2, 0.25) is 0 Å². The topological polar surface area (TPSA) is 37.8 Å². The van der Waals surface area contributed by atoms with Gasteiger partial charge in [-0.3, -0.25) is 0 Å². The van der Waals surface area contributed by atoms with E-state index in [1.54, 1.807) is 6.33 Å². The highest BCUT2D eigenvalue weighted by Gasteiger charge is 2.20. The molecule has 3 nitrogen and oxygen atoms in total. The maximum atomic E-state index is 4.29. The zero-order chi connectivity index (χ0) is 12.1. The minimum Gasteiger partial charge on any atom is -0.367 e. The number of rotatable bonds is 4. The fourth-order valence-corrected chi connectivity index (χ4v) is 3.07. The van der Waals surface area contributed by atoms with Crippen molar-refractivity contribution in [3.05, 3.63) is 18.1 Å². The van der Waals surface area contributed by atoms with Crippen molar-refractivity contribution in [3.63, 3.8) is 0 Å². The van der Waals surface area contributed by atoms with E-state index >= 15 is 0 Å². The van der Waals surface area contributed by atoms with E-state index in [-0.39, 0.29) is 0 Å². The molecule has 0 bridgehead atoms. The molecule has 1 fully saturated rings. The molecule has 0 radical (unpaired) electrons. The lowest BCUT2D eigenvalue weighted by Crippen LogP contribution is -2.27. The highest BCUT2D eigenvalue weighted by Crippen LogP contribution is 2.28. The van der Waals surface area contributed by atoms with Crippen molar-refractivity contribution in [1.82, 2.24) is 9.97 Å². The Hall–Kier alpha value is -0.770. The molecule has 1 aliphatic carbocycles. The molecule has 4 heteroatoms. The van der Waals surface area contributed by atoms with Crippen LogP contribution in [-0.2, 0) is 6.42 Å². The molecule has 0 aromatic carbocycles. The fourth-order valence-electron chi connectivity index (χ4n) is 2.32. The lowest BCUT2D eigenvalue weighted by Gasteiger charge is -2.28. The molecule has 1 aliphatic rings. The lowest BCUT2D eigenvalue weighted by molar-refractivity contribution is 0.472. The van der Waals surface area contributed by atoms with E-state index in [0.717, 1.165) is 23.2 Å². The molecule has 2 rings (SSSR count). The first kappa shape index (κ1) is 12.7. The van der Waals surface area contributed by atoms with Gasteiger partial charge in [-0.25, -0.2) is 9.97 Å². The van der Waals surface area contributed by atoms with Gasteiger partial charge in [0.2, 0.25) is 0 Å². The van der Waals surface area contributed by atoms with Gasteiger partial charge < -0.3 is 5.32 Å². The zero-order valence-electron chi connectivity index (χ0n) is 10.6. The molecule has 0 aliphatic heterocycles. The summed E-state index contributed by atoms with van der Waals surface area (Å²) in [6, 6.07) is 2.67. The molecule has 0 spiro atoms. The van der Waals surface area contributed by atoms with Crippen LogP contribution in [-0.4, -0.2) is 27.5 Å². The van der Waals surface area contributed by atoms with E-state index in [1.165, 1.54) is 25.7 Å². The Labute approximate surface area is 108 Å². The molecule has 1 aromatic rings. The highest BCUT2D eigenvalue weighted by atomic mass is 32.2. The van der Waals surface area contributed by atoms with E-state index in [2.05, 4.69) is 34.5 Å². The molecule has 1 heterocycles. The maximum Gasteiger partial charge on any atom is 0.129 e. The molecule has 0 amide bonds. The normalized spacial score (nSPS) is 24.6. The van der Waals surface area contributed by atoms with E-state index in [4.69, 9.17) is 0 Å². The van der Waals surface area contributed by atoms with Gasteiger partial charge in [0.25, 0.3) is 0 Å². The maximum absolute atomic E-state index is 4.29. The van der Waals surface area contributed by atoms with Crippen LogP contribution in [0, 0.1) is 0 Å². The molecular weight excluding hydrogens is 230 g/mol. The molecule has 1 N–H and O–H groups in total. The quantitative estimate of drug-likeness (QED) is 0.892. The van der Waals surface area contributed by atoms with Gasteiger partial charge in [0.05, 0.1) is 0 Å². The SMILES string of the molecule is CCc1cc(NC2CCC(SC)CC2)ncn1. The number of hydrogen-bond donors (Lipinski definition) is 1. The summed E-state index contributed by atoms with van der Waals surface area (Å²) in [5, 5.41) is 4.41. The number of hydrogen-bond acceptors (Lipinski definition) is 4. The second-order valence-electron chi connectivity index (χ2n) is 4.60. The van der Waals surface area contributed by atoms with Gasteiger partial charge in [-0.1, -0.05) is 6.92 Å². The Morgan fingerprint density at radius 2 is 2.06 bits per heavy atom. The Balaban J connectivity index is 1.88. The third kappa shape index (κ3) is 3.60. The van der Waals surface area contributed by atoms with Crippen molar-refractivity contribution in [1.29, 1.82) is 0 Å². The zero-order valence-corrected chi connectivity index (χ0v) is 11.5. The molecule has 0 saturated heterocycles. The number of aryl methyl sites for hydroxylation is 1. The third-order valence-corrected chi connectivity index (χ3v) is 4.58. The Bertz CT molecular complexity index is 348. The van der Waals surface area contributed by atoms with E-state index in [0.29, 0.717) is 6.04 Å². The van der Waals surface area contributed by atoms with Crippen LogP contribution in [0.25, 0.3) is 0 Å². The van der Waals surface area contributed by atoms with Crippen molar-refractivity contribution in [2.75, 3.05) is 11.6 Å². The van der Waals surface area contributed by atoms with Crippen molar-refractivity contribution >= 4 is 17.6 Å². The average Bonchev–Trinajstić information content (AvgIpc) is 2.40. The number of anilines is 1. The van der Waals surface area contributed by atoms with E-state index < -0.39 is 0 Å². The van der Waals surface area contributed by atoms with Gasteiger partial charge in [0, 0.05) is 23.1 Å². The summed E-state index contributed by atoms with van der Waals surface area (Å²) >= 11 is 2.01. The highest BCUT2D eigenvalue weighted by molar-refractivity contribution is 7.99. The smallest absolute Gasteiger partial charge is 0.129 e. The largest absolute Gasteiger partial charge is 0.367 e. The molecule has 0 atom stereocenters. The van der Waals surface area contributed by atoms with E-state index in [9.17, 15) is 0 Å². The number of aromatic nitrogens is 2. The first-order chi connectivity index (χ1) is 8.31. The van der Waals surface area contributed by atoms with Crippen molar-refractivity contribution in [2.45, 2.75) is 50.3 Å². The van der Waals surface area contributed by atoms with Gasteiger partial charge in [0.1, 0.15) is 12.1 Å². The predicted molar refractivity (Wildman–Crippen MR) is 74.6 cm³/mol. The number of thioether (sulfide) groups is 1. The molecular formula is C13H21N3S. The van der Waals surface area contributed by atoms with Crippen LogP contribution in [0.15, 0.2) is 12.4 Å². The summed E-state index contributed by atoms with van der Waals surface area (Å²) in [7, 11) is 0. The minimum atomic E-state index is 0.595. The summed E-state index contributed by atoms with van der Waals surface area (Å²) in [4.78, 5) is 8.52. The minimum absolute atomic E-state index is 0.595. The Morgan fingerprint density at radius 3 is 2.71 bits per heavy atom. The molecule has 0 unspecified atom stereocenters. The molecule has 17 heavy (non-hydrogen) atoms. The summed E-state index contributed by atoms with van der Waals surface area (Å²) in [5.74, 6) is 0.990. The fraction of sp³-hybridized carbons (Fsp3) is 0.692. The lowest BCUT2D eigenvalue weighted by atomic mass is 9.95. The molecule has 94 valence electrons. The van der Waals surface area contributed by atoms with Crippen LogP contribution in [0.4, 0.5) is 5.82 Å². The third-order valence-electron chi connectivity index (χ3n) is 3.45. The second-order valence-corrected chi connectivity index (χ2v) is 5.74. The van der Waals surface area contributed by atoms with Gasteiger partial charge in [0.15, 0.2) is 0 Å². The van der Waals surface area contributed by atoms with Crippen LogP contribution in [0.5, 0.6) is 0 Å². The van der Waals surface area contributed by atoms with Crippen LogP contribution < -0.4 is 5.32 Å². The number of nitrogens with zero attached hydrogens (tertiary/aromatic N) is 2. The summed E-state index contributed by atoms with van der Waals surface area (Å²) < 4.78 is 0. The molecule has 1 saturated carbocycles. The first-order valence-corrected chi connectivity index (χ1v) is 7.71. The average molecular weight is 251 g/mol. The first-order valence-electron chi connectivity index (χ1n) is 6.42. The Kier molecular flexibility index (Phi) is 4.66. The van der Waals surface area contributed by atoms with Crippen molar-refractivity contribution in [3.8, 4) is 0 Å². The van der Waals surface area contributed by atoms with Crippen LogP contribution in [0.1, 0.15) is 38.3 Å². The van der Waals surface area contributed by atoms with Gasteiger partial charge in [-0.15, -0.1) is 0 Å². The Morgan fingerprint density at radius 1 is 1.29 bits per heavy atom. The number of nitrogens with one attached hydrogen (secondary N) is 1. The van der Waals surface area contributed by atoms with Crippen LogP contribution in [0.3, 0.4) is 0 Å². The summed E-state index contributed by atoms with van der Waals surface area (Å²) in [6.45, 7) is 2.12. The summed E-state index contributed by atoms with van der Waals surface area (Å²) in [6.07, 6.45) is 10.0. The van der Waals surface area contributed by atoms with Gasteiger partial charge >= 0.3 is 0 Å². The second kappa shape index (κ2) is 6.24. The predicted octanol–water partition coefficient (Wildman–Crippen LogP) is 3.13. The van der Waals surface area contributed by atoms with Gasteiger partial charge in [-0.05, 0) is 38.4 Å². The van der Waals surface area contributed by atoms with Gasteiger partial charge in [-0.2, -0.15) is 11.8 Å². The van der Waals surface area contributed by atoms with E-state index in [1.807, 2.05) is 11.8 Å². The monoisotopic (exact) mass is 251 g/mol. The summed E-state index contributed by atoms with van der Waals surface area (Å²) in [5.41, 5.74) is 1.11. The van der Waals surface area contributed by atoms with Crippen molar-refractivity contribution in [2.24, 2.45) is 0 Å². The van der Waals surface area contributed by atoms with Crippen molar-refractivity contribution < 1.29 is 0 Å². The standard InChI is InChI=1S/C13H21N3S/c1-3-10-8-13(15-9-14-10)16-11-4-6-12(17-2)7-5-11/h8-9,11-12H,3-7H2,1-2H3,(H,14,15,16). The van der Waals surface area contributed by atoms with Crippen LogP contribution >= 0.6 is 11.8 Å². The molecule has 1 aromatic heterocycles.